The van der Waals surface area contributed by atoms with E-state index >= 15 is 0 Å². The van der Waals surface area contributed by atoms with Crippen LogP contribution in [0.1, 0.15) is 30.4 Å². The highest BCUT2D eigenvalue weighted by molar-refractivity contribution is 9.10. The summed E-state index contributed by atoms with van der Waals surface area (Å²) < 4.78 is 6.90. The maximum atomic E-state index is 6.22. The van der Waals surface area contributed by atoms with Crippen LogP contribution in [0, 0.1) is 19.8 Å². The van der Waals surface area contributed by atoms with E-state index in [-0.39, 0.29) is 0 Å². The standard InChI is InChI=1S/C15H21BrClNO/c1-10-8-13(14(16)11(2)15(10)17)19-7-5-12-4-3-6-18-9-12/h8,12,18H,3-7,9H2,1-2H3/t12-/m1/s1. The number of piperidine rings is 1. The number of rotatable bonds is 4. The molecule has 1 N–H and O–H groups in total. The van der Waals surface area contributed by atoms with Crippen molar-refractivity contribution >= 4 is 27.5 Å². The summed E-state index contributed by atoms with van der Waals surface area (Å²) >= 11 is 9.79. The van der Waals surface area contributed by atoms with Crippen molar-refractivity contribution < 1.29 is 4.74 Å². The van der Waals surface area contributed by atoms with Crippen LogP contribution >= 0.6 is 27.5 Å². The van der Waals surface area contributed by atoms with E-state index in [0.717, 1.165) is 51.9 Å². The van der Waals surface area contributed by atoms with Gasteiger partial charge in [-0.05, 0) is 85.2 Å². The Balaban J connectivity index is 1.92. The predicted molar refractivity (Wildman–Crippen MR) is 84.3 cm³/mol. The van der Waals surface area contributed by atoms with E-state index in [0.29, 0.717) is 0 Å². The maximum absolute atomic E-state index is 6.22. The fourth-order valence-electron chi connectivity index (χ4n) is 2.51. The van der Waals surface area contributed by atoms with Crippen LogP contribution in [0.4, 0.5) is 0 Å². The van der Waals surface area contributed by atoms with Gasteiger partial charge in [-0.25, -0.2) is 0 Å². The van der Waals surface area contributed by atoms with Gasteiger partial charge in [0.1, 0.15) is 5.75 Å². The third-order valence-corrected chi connectivity index (χ3v) is 5.32. The van der Waals surface area contributed by atoms with Crippen LogP contribution in [0.5, 0.6) is 5.75 Å². The molecule has 0 unspecified atom stereocenters. The Morgan fingerprint density at radius 2 is 2.26 bits per heavy atom. The monoisotopic (exact) mass is 345 g/mol. The molecule has 4 heteroatoms. The van der Waals surface area contributed by atoms with E-state index in [2.05, 4.69) is 21.2 Å². The van der Waals surface area contributed by atoms with Crippen LogP contribution in [0.25, 0.3) is 0 Å². The molecule has 0 aliphatic carbocycles. The first kappa shape index (κ1) is 15.1. The number of ether oxygens (including phenoxy) is 1. The number of halogens is 2. The van der Waals surface area contributed by atoms with Gasteiger partial charge >= 0.3 is 0 Å². The topological polar surface area (TPSA) is 21.3 Å². The molecular formula is C15H21BrClNO. The molecule has 0 spiro atoms. The zero-order valence-corrected chi connectivity index (χ0v) is 13.9. The molecule has 0 radical (unpaired) electrons. The molecule has 1 aromatic rings. The summed E-state index contributed by atoms with van der Waals surface area (Å²) in [5.74, 6) is 1.66. The molecule has 1 aromatic carbocycles. The normalized spacial score (nSPS) is 19.5. The van der Waals surface area contributed by atoms with Gasteiger partial charge in [-0.1, -0.05) is 11.6 Å². The molecule has 1 atom stereocenters. The first-order valence-electron chi connectivity index (χ1n) is 6.88. The average Bonchev–Trinajstić information content (AvgIpc) is 2.43. The summed E-state index contributed by atoms with van der Waals surface area (Å²) in [6.07, 6.45) is 3.71. The molecule has 1 saturated heterocycles. The molecule has 0 aromatic heterocycles. The van der Waals surface area contributed by atoms with Crippen molar-refractivity contribution in [3.8, 4) is 5.75 Å². The van der Waals surface area contributed by atoms with Crippen LogP contribution in [-0.4, -0.2) is 19.7 Å². The molecule has 1 heterocycles. The summed E-state index contributed by atoms with van der Waals surface area (Å²) in [6.45, 7) is 7.09. The largest absolute Gasteiger partial charge is 0.492 e. The Morgan fingerprint density at radius 3 is 2.95 bits per heavy atom. The third kappa shape index (κ3) is 3.87. The quantitative estimate of drug-likeness (QED) is 0.867. The fraction of sp³-hybridized carbons (Fsp3) is 0.600. The minimum Gasteiger partial charge on any atom is -0.492 e. The molecule has 0 amide bonds. The first-order chi connectivity index (χ1) is 9.09. The number of hydrogen-bond acceptors (Lipinski definition) is 2. The number of nitrogens with one attached hydrogen (secondary N) is 1. The molecule has 2 nitrogen and oxygen atoms in total. The summed E-state index contributed by atoms with van der Waals surface area (Å²) in [5.41, 5.74) is 2.12. The minimum atomic E-state index is 0.752. The second kappa shape index (κ2) is 6.96. The summed E-state index contributed by atoms with van der Waals surface area (Å²) in [7, 11) is 0. The van der Waals surface area contributed by atoms with E-state index in [1.165, 1.54) is 19.4 Å². The average molecular weight is 347 g/mol. The number of aryl methyl sites for hydroxylation is 1. The zero-order valence-electron chi connectivity index (χ0n) is 11.6. The van der Waals surface area contributed by atoms with E-state index in [1.54, 1.807) is 0 Å². The van der Waals surface area contributed by atoms with Gasteiger partial charge in [0.2, 0.25) is 0 Å². The Kier molecular flexibility index (Phi) is 5.55. The second-order valence-corrected chi connectivity index (χ2v) is 6.47. The smallest absolute Gasteiger partial charge is 0.134 e. The van der Waals surface area contributed by atoms with Gasteiger partial charge in [0.15, 0.2) is 0 Å². The zero-order chi connectivity index (χ0) is 13.8. The van der Waals surface area contributed by atoms with Crippen molar-refractivity contribution in [2.24, 2.45) is 5.92 Å². The molecular weight excluding hydrogens is 326 g/mol. The Morgan fingerprint density at radius 1 is 1.47 bits per heavy atom. The molecule has 0 bridgehead atoms. The maximum Gasteiger partial charge on any atom is 0.134 e. The van der Waals surface area contributed by atoms with Crippen LogP contribution in [0.3, 0.4) is 0 Å². The molecule has 106 valence electrons. The minimum absolute atomic E-state index is 0.752. The lowest BCUT2D eigenvalue weighted by molar-refractivity contribution is 0.253. The van der Waals surface area contributed by atoms with Gasteiger partial charge in [0.05, 0.1) is 11.1 Å². The first-order valence-corrected chi connectivity index (χ1v) is 8.05. The van der Waals surface area contributed by atoms with Crippen LogP contribution in [0.15, 0.2) is 10.5 Å². The Labute approximate surface area is 129 Å². The SMILES string of the molecule is Cc1cc(OCC[C@H]2CCCNC2)c(Br)c(C)c1Cl. The third-order valence-electron chi connectivity index (χ3n) is 3.75. The van der Waals surface area contributed by atoms with Crippen LogP contribution < -0.4 is 10.1 Å². The lowest BCUT2D eigenvalue weighted by Crippen LogP contribution is -2.30. The molecule has 1 aliphatic rings. The number of benzene rings is 1. The van der Waals surface area contributed by atoms with Crippen LogP contribution in [-0.2, 0) is 0 Å². The van der Waals surface area contributed by atoms with E-state index in [4.69, 9.17) is 16.3 Å². The van der Waals surface area contributed by atoms with E-state index in [1.807, 2.05) is 19.9 Å². The summed E-state index contributed by atoms with van der Waals surface area (Å²) in [6, 6.07) is 2.01. The second-order valence-electron chi connectivity index (χ2n) is 5.29. The lowest BCUT2D eigenvalue weighted by atomic mass is 9.97. The van der Waals surface area contributed by atoms with Crippen molar-refractivity contribution in [2.75, 3.05) is 19.7 Å². The Hall–Kier alpha value is -0.250. The highest BCUT2D eigenvalue weighted by Crippen LogP contribution is 2.35. The lowest BCUT2D eigenvalue weighted by Gasteiger charge is -2.23. The van der Waals surface area contributed by atoms with E-state index in [9.17, 15) is 0 Å². The molecule has 0 saturated carbocycles. The molecule has 1 fully saturated rings. The fourth-order valence-corrected chi connectivity index (χ4v) is 3.20. The van der Waals surface area contributed by atoms with Gasteiger partial charge in [0.25, 0.3) is 0 Å². The van der Waals surface area contributed by atoms with Crippen molar-refractivity contribution in [3.05, 3.63) is 26.7 Å². The summed E-state index contributed by atoms with van der Waals surface area (Å²) in [5, 5.41) is 4.25. The van der Waals surface area contributed by atoms with Crippen molar-refractivity contribution in [1.29, 1.82) is 0 Å². The van der Waals surface area contributed by atoms with E-state index < -0.39 is 0 Å². The number of hydrogen-bond donors (Lipinski definition) is 1. The molecule has 1 aliphatic heterocycles. The van der Waals surface area contributed by atoms with Gasteiger partial charge in [0, 0.05) is 5.02 Å². The van der Waals surface area contributed by atoms with Crippen LogP contribution in [0.2, 0.25) is 5.02 Å². The molecule has 2 rings (SSSR count). The summed E-state index contributed by atoms with van der Waals surface area (Å²) in [4.78, 5) is 0. The Bertz CT molecular complexity index is 444. The highest BCUT2D eigenvalue weighted by Gasteiger charge is 2.14. The van der Waals surface area contributed by atoms with Gasteiger partial charge in [-0.15, -0.1) is 0 Å². The molecule has 19 heavy (non-hydrogen) atoms. The highest BCUT2D eigenvalue weighted by atomic mass is 79.9. The van der Waals surface area contributed by atoms with Crippen molar-refractivity contribution in [3.63, 3.8) is 0 Å². The van der Waals surface area contributed by atoms with Crippen molar-refractivity contribution in [2.45, 2.75) is 33.1 Å². The predicted octanol–water partition coefficient (Wildman–Crippen LogP) is 4.49. The van der Waals surface area contributed by atoms with Gasteiger partial charge < -0.3 is 10.1 Å². The van der Waals surface area contributed by atoms with Gasteiger partial charge in [-0.3, -0.25) is 0 Å². The van der Waals surface area contributed by atoms with Gasteiger partial charge in [-0.2, -0.15) is 0 Å². The van der Waals surface area contributed by atoms with Crippen molar-refractivity contribution in [1.82, 2.24) is 5.32 Å².